The molecule has 0 fully saturated rings. The fourth-order valence-corrected chi connectivity index (χ4v) is 3.92. The van der Waals surface area contributed by atoms with Crippen molar-refractivity contribution in [2.75, 3.05) is 23.5 Å². The lowest BCUT2D eigenvalue weighted by atomic mass is 10.2. The van der Waals surface area contributed by atoms with Crippen molar-refractivity contribution in [1.82, 2.24) is 10.2 Å². The van der Waals surface area contributed by atoms with Crippen LogP contribution in [0.4, 0.5) is 10.8 Å². The third-order valence-electron chi connectivity index (χ3n) is 3.41. The minimum absolute atomic E-state index is 0.149. The van der Waals surface area contributed by atoms with Crippen LogP contribution in [-0.4, -0.2) is 34.9 Å². The Morgan fingerprint density at radius 2 is 1.93 bits per heavy atom. The number of anilines is 2. The summed E-state index contributed by atoms with van der Waals surface area (Å²) in [6.07, 6.45) is 0. The number of thioether (sulfide) groups is 1. The van der Waals surface area contributed by atoms with E-state index in [9.17, 15) is 9.59 Å². The molecule has 7 nitrogen and oxygen atoms in total. The van der Waals surface area contributed by atoms with Crippen LogP contribution in [0.2, 0.25) is 0 Å². The van der Waals surface area contributed by atoms with Crippen LogP contribution in [0.3, 0.4) is 0 Å². The molecule has 1 heterocycles. The van der Waals surface area contributed by atoms with E-state index >= 15 is 0 Å². The van der Waals surface area contributed by atoms with Crippen LogP contribution in [0, 0.1) is 0 Å². The number of nitrogens with one attached hydrogen (secondary N) is 2. The highest BCUT2D eigenvalue weighted by molar-refractivity contribution is 9.10. The molecule has 0 saturated heterocycles. The van der Waals surface area contributed by atoms with Gasteiger partial charge in [-0.25, -0.2) is 0 Å². The predicted octanol–water partition coefficient (Wildman–Crippen LogP) is 4.29. The Balaban J connectivity index is 1.51. The highest BCUT2D eigenvalue weighted by Crippen LogP contribution is 2.26. The van der Waals surface area contributed by atoms with Gasteiger partial charge in [-0.05, 0) is 42.5 Å². The van der Waals surface area contributed by atoms with Gasteiger partial charge in [0.2, 0.25) is 11.0 Å². The number of aromatic nitrogens is 2. The van der Waals surface area contributed by atoms with Crippen LogP contribution in [-0.2, 0) is 4.79 Å². The molecule has 3 rings (SSSR count). The maximum Gasteiger partial charge on any atom is 0.257 e. The third kappa shape index (κ3) is 5.78. The summed E-state index contributed by atoms with van der Waals surface area (Å²) in [7, 11) is 1.54. The number of nitrogens with zero attached hydrogens (tertiary/aromatic N) is 2. The number of halogens is 1. The molecule has 144 valence electrons. The zero-order valence-corrected chi connectivity index (χ0v) is 17.9. The van der Waals surface area contributed by atoms with Crippen molar-refractivity contribution in [3.63, 3.8) is 0 Å². The molecule has 0 aliphatic rings. The Bertz CT molecular complexity index is 979. The summed E-state index contributed by atoms with van der Waals surface area (Å²) in [6, 6.07) is 14.1. The number of hydrogen-bond acceptors (Lipinski definition) is 7. The van der Waals surface area contributed by atoms with Crippen molar-refractivity contribution in [3.05, 3.63) is 58.6 Å². The SMILES string of the molecule is COc1cccc(C(=O)Nc2nnc(SCC(=O)Nc3ccc(Br)cc3)s2)c1. The van der Waals surface area contributed by atoms with Crippen molar-refractivity contribution in [3.8, 4) is 5.75 Å². The summed E-state index contributed by atoms with van der Waals surface area (Å²) in [4.78, 5) is 24.3. The predicted molar refractivity (Wildman–Crippen MR) is 114 cm³/mol. The zero-order valence-electron chi connectivity index (χ0n) is 14.6. The van der Waals surface area contributed by atoms with E-state index in [1.165, 1.54) is 30.2 Å². The van der Waals surface area contributed by atoms with Crippen LogP contribution in [0.5, 0.6) is 5.75 Å². The van der Waals surface area contributed by atoms with Crippen molar-refractivity contribution in [1.29, 1.82) is 0 Å². The number of methoxy groups -OCH3 is 1. The van der Waals surface area contributed by atoms with E-state index in [1.807, 2.05) is 24.3 Å². The van der Waals surface area contributed by atoms with Crippen molar-refractivity contribution in [2.45, 2.75) is 4.34 Å². The van der Waals surface area contributed by atoms with Gasteiger partial charge in [-0.1, -0.05) is 45.1 Å². The van der Waals surface area contributed by atoms with Crippen molar-refractivity contribution < 1.29 is 14.3 Å². The van der Waals surface area contributed by atoms with Crippen molar-refractivity contribution in [2.24, 2.45) is 0 Å². The second kappa shape index (κ2) is 9.67. The fraction of sp³-hybridized carbons (Fsp3) is 0.111. The van der Waals surface area contributed by atoms with Gasteiger partial charge in [0.05, 0.1) is 12.9 Å². The molecule has 0 aliphatic carbocycles. The number of carbonyl (C=O) groups excluding carboxylic acids is 2. The normalized spacial score (nSPS) is 10.4. The molecule has 28 heavy (non-hydrogen) atoms. The molecule has 1 aromatic heterocycles. The Labute approximate surface area is 178 Å². The first kappa shape index (κ1) is 20.3. The van der Waals surface area contributed by atoms with Gasteiger partial charge >= 0.3 is 0 Å². The summed E-state index contributed by atoms with van der Waals surface area (Å²) < 4.78 is 6.64. The van der Waals surface area contributed by atoms with E-state index < -0.39 is 0 Å². The molecule has 0 spiro atoms. The average molecular weight is 479 g/mol. The van der Waals surface area contributed by atoms with Gasteiger partial charge in [-0.3, -0.25) is 14.9 Å². The lowest BCUT2D eigenvalue weighted by molar-refractivity contribution is -0.113. The third-order valence-corrected chi connectivity index (χ3v) is 5.91. The smallest absolute Gasteiger partial charge is 0.257 e. The van der Waals surface area contributed by atoms with Gasteiger partial charge < -0.3 is 10.1 Å². The zero-order chi connectivity index (χ0) is 19.9. The lowest BCUT2D eigenvalue weighted by Crippen LogP contribution is -2.13. The van der Waals surface area contributed by atoms with Gasteiger partial charge in [0.25, 0.3) is 5.91 Å². The number of carbonyl (C=O) groups is 2. The quantitative estimate of drug-likeness (QED) is 0.388. The van der Waals surface area contributed by atoms with Gasteiger partial charge in [0.15, 0.2) is 4.34 Å². The van der Waals surface area contributed by atoms with Crippen LogP contribution < -0.4 is 15.4 Å². The molecule has 0 atom stereocenters. The van der Waals surface area contributed by atoms with Crippen LogP contribution in [0.25, 0.3) is 0 Å². The Hall–Kier alpha value is -2.43. The molecule has 10 heteroatoms. The fourth-order valence-electron chi connectivity index (χ4n) is 2.11. The Kier molecular flexibility index (Phi) is 7.01. The second-order valence-electron chi connectivity index (χ2n) is 5.40. The van der Waals surface area contributed by atoms with Gasteiger partial charge in [-0.15, -0.1) is 10.2 Å². The number of amides is 2. The first-order chi connectivity index (χ1) is 13.5. The van der Waals surface area contributed by atoms with Gasteiger partial charge in [0.1, 0.15) is 5.75 Å². The van der Waals surface area contributed by atoms with E-state index in [-0.39, 0.29) is 17.6 Å². The van der Waals surface area contributed by atoms with Crippen molar-refractivity contribution >= 4 is 61.7 Å². The highest BCUT2D eigenvalue weighted by Gasteiger charge is 2.12. The molecule has 0 radical (unpaired) electrons. The molecular weight excluding hydrogens is 464 g/mol. The molecule has 2 N–H and O–H groups in total. The van der Waals surface area contributed by atoms with E-state index in [4.69, 9.17) is 4.74 Å². The second-order valence-corrected chi connectivity index (χ2v) is 8.52. The molecular formula is C18H15BrN4O3S2. The molecule has 0 unspecified atom stereocenters. The summed E-state index contributed by atoms with van der Waals surface area (Å²) in [5.74, 6) is 0.330. The maximum absolute atomic E-state index is 12.3. The number of ether oxygens (including phenoxy) is 1. The number of benzene rings is 2. The van der Waals surface area contributed by atoms with Crippen LogP contribution >= 0.6 is 39.0 Å². The summed E-state index contributed by atoms with van der Waals surface area (Å²) in [6.45, 7) is 0. The number of rotatable bonds is 7. The number of hydrogen-bond donors (Lipinski definition) is 2. The average Bonchev–Trinajstić information content (AvgIpc) is 3.15. The summed E-state index contributed by atoms with van der Waals surface area (Å²) >= 11 is 5.81. The minimum atomic E-state index is -0.306. The summed E-state index contributed by atoms with van der Waals surface area (Å²) in [5, 5.41) is 13.8. The summed E-state index contributed by atoms with van der Waals surface area (Å²) in [5.41, 5.74) is 1.18. The highest BCUT2D eigenvalue weighted by atomic mass is 79.9. The molecule has 2 aromatic carbocycles. The largest absolute Gasteiger partial charge is 0.497 e. The van der Waals surface area contributed by atoms with Gasteiger partial charge in [-0.2, -0.15) is 0 Å². The Morgan fingerprint density at radius 3 is 2.68 bits per heavy atom. The lowest BCUT2D eigenvalue weighted by Gasteiger charge is -2.04. The standard InChI is InChI=1S/C18H15BrN4O3S2/c1-26-14-4-2-3-11(9-14)16(25)21-17-22-23-18(28-17)27-10-15(24)20-13-7-5-12(19)6-8-13/h2-9H,10H2,1H3,(H,20,24)(H,21,22,25). The van der Waals surface area contributed by atoms with E-state index in [1.54, 1.807) is 24.3 Å². The van der Waals surface area contributed by atoms with Crippen LogP contribution in [0.1, 0.15) is 10.4 Å². The topological polar surface area (TPSA) is 93.2 Å². The van der Waals surface area contributed by atoms with E-state index in [2.05, 4.69) is 36.8 Å². The molecule has 0 bridgehead atoms. The molecule has 3 aromatic rings. The first-order valence-electron chi connectivity index (χ1n) is 8.00. The molecule has 2 amide bonds. The van der Waals surface area contributed by atoms with E-state index in [0.29, 0.717) is 20.8 Å². The maximum atomic E-state index is 12.3. The minimum Gasteiger partial charge on any atom is -0.497 e. The monoisotopic (exact) mass is 478 g/mol. The van der Waals surface area contributed by atoms with E-state index in [0.717, 1.165) is 10.2 Å². The Morgan fingerprint density at radius 1 is 1.14 bits per heavy atom. The molecule has 0 saturated carbocycles. The first-order valence-corrected chi connectivity index (χ1v) is 10.6. The van der Waals surface area contributed by atoms with Gasteiger partial charge in [0, 0.05) is 15.7 Å². The van der Waals surface area contributed by atoms with Crippen LogP contribution in [0.15, 0.2) is 57.3 Å². The molecule has 0 aliphatic heterocycles.